The van der Waals surface area contributed by atoms with Crippen molar-refractivity contribution in [3.63, 3.8) is 0 Å². The Labute approximate surface area is 120 Å². The summed E-state index contributed by atoms with van der Waals surface area (Å²) in [5.74, 6) is -0.212. The zero-order chi connectivity index (χ0) is 13.5. The molecule has 0 aromatic heterocycles. The van der Waals surface area contributed by atoms with Gasteiger partial charge in [-0.25, -0.2) is 0 Å². The lowest BCUT2D eigenvalue weighted by Crippen LogP contribution is -2.47. The van der Waals surface area contributed by atoms with Gasteiger partial charge in [0, 0.05) is 23.7 Å². The fourth-order valence-electron chi connectivity index (χ4n) is 1.40. The maximum Gasteiger partial charge on any atom is 0.243 e. The Kier molecular flexibility index (Phi) is 6.21. The molecule has 2 N–H and O–H groups in total. The highest BCUT2D eigenvalue weighted by atomic mass is 79.9. The predicted molar refractivity (Wildman–Crippen MR) is 77.4 cm³/mol. The number of hydrogen-bond acceptors (Lipinski definition) is 3. The van der Waals surface area contributed by atoms with Gasteiger partial charge in [0.1, 0.15) is 6.04 Å². The molecule has 0 saturated heterocycles. The van der Waals surface area contributed by atoms with E-state index in [-0.39, 0.29) is 17.6 Å². The fraction of sp³-hybridized carbons (Fsp3) is 0.333. The first-order chi connectivity index (χ1) is 8.52. The van der Waals surface area contributed by atoms with Crippen molar-refractivity contribution in [2.24, 2.45) is 0 Å². The van der Waals surface area contributed by atoms with Crippen LogP contribution in [0.2, 0.25) is 0 Å². The Hall–Kier alpha value is -1.01. The zero-order valence-corrected chi connectivity index (χ0v) is 12.4. The van der Waals surface area contributed by atoms with Gasteiger partial charge in [0.2, 0.25) is 11.8 Å². The van der Waals surface area contributed by atoms with Crippen molar-refractivity contribution >= 4 is 40.4 Å². The van der Waals surface area contributed by atoms with E-state index in [4.69, 9.17) is 0 Å². The molecule has 4 nitrogen and oxygen atoms in total. The van der Waals surface area contributed by atoms with Crippen LogP contribution in [0.3, 0.4) is 0 Å². The molecule has 0 saturated carbocycles. The molecule has 1 aromatic carbocycles. The zero-order valence-electron chi connectivity index (χ0n) is 9.94. The van der Waals surface area contributed by atoms with Crippen LogP contribution < -0.4 is 10.6 Å². The van der Waals surface area contributed by atoms with Crippen LogP contribution in [-0.4, -0.2) is 23.6 Å². The van der Waals surface area contributed by atoms with Gasteiger partial charge in [0.05, 0.1) is 0 Å². The third kappa shape index (κ3) is 5.10. The van der Waals surface area contributed by atoms with E-state index < -0.39 is 6.04 Å². The summed E-state index contributed by atoms with van der Waals surface area (Å²) >= 11 is 7.41. The lowest BCUT2D eigenvalue weighted by molar-refractivity contribution is -0.127. The van der Waals surface area contributed by atoms with Gasteiger partial charge in [-0.2, -0.15) is 12.6 Å². The molecular formula is C12H15BrN2O2S. The maximum absolute atomic E-state index is 11.8. The monoisotopic (exact) mass is 330 g/mol. The Morgan fingerprint density at radius 3 is 2.72 bits per heavy atom. The predicted octanol–water partition coefficient (Wildman–Crippen LogP) is 1.50. The van der Waals surface area contributed by atoms with Gasteiger partial charge in [0.15, 0.2) is 0 Å². The van der Waals surface area contributed by atoms with Gasteiger partial charge in [-0.05, 0) is 17.7 Å². The van der Waals surface area contributed by atoms with Crippen molar-refractivity contribution in [1.82, 2.24) is 10.6 Å². The highest BCUT2D eigenvalue weighted by Gasteiger charge is 2.16. The molecule has 1 unspecified atom stereocenters. The molecule has 0 aliphatic heterocycles. The number of hydrogen-bond donors (Lipinski definition) is 3. The molecule has 1 atom stereocenters. The normalized spacial score (nSPS) is 11.7. The van der Waals surface area contributed by atoms with E-state index in [2.05, 4.69) is 39.2 Å². The van der Waals surface area contributed by atoms with Crippen LogP contribution in [0, 0.1) is 0 Å². The minimum absolute atomic E-state index is 0.236. The van der Waals surface area contributed by atoms with Crippen LogP contribution in [0.4, 0.5) is 0 Å². The van der Waals surface area contributed by atoms with E-state index in [1.165, 1.54) is 6.92 Å². The number of halogens is 1. The van der Waals surface area contributed by atoms with Gasteiger partial charge in [0.25, 0.3) is 0 Å². The number of nitrogens with one attached hydrogen (secondary N) is 2. The number of benzene rings is 1. The summed E-state index contributed by atoms with van der Waals surface area (Å²) < 4.78 is 0.960. The highest BCUT2D eigenvalue weighted by molar-refractivity contribution is 9.10. The first kappa shape index (κ1) is 15.0. The third-order valence-corrected chi connectivity index (χ3v) is 3.09. The van der Waals surface area contributed by atoms with Crippen molar-refractivity contribution in [3.8, 4) is 0 Å². The molecule has 1 aromatic rings. The van der Waals surface area contributed by atoms with E-state index in [1.807, 2.05) is 24.3 Å². The first-order valence-electron chi connectivity index (χ1n) is 5.43. The second kappa shape index (κ2) is 7.43. The Bertz CT molecular complexity index is 440. The lowest BCUT2D eigenvalue weighted by Gasteiger charge is -2.15. The first-order valence-corrected chi connectivity index (χ1v) is 6.85. The molecule has 98 valence electrons. The number of carbonyl (C=O) groups excluding carboxylic acids is 2. The van der Waals surface area contributed by atoms with Gasteiger partial charge in [-0.3, -0.25) is 9.59 Å². The van der Waals surface area contributed by atoms with E-state index in [0.717, 1.165) is 10.0 Å². The maximum atomic E-state index is 11.8. The summed E-state index contributed by atoms with van der Waals surface area (Å²) in [4.78, 5) is 22.7. The highest BCUT2D eigenvalue weighted by Crippen LogP contribution is 2.11. The average molecular weight is 331 g/mol. The molecule has 2 amide bonds. The van der Waals surface area contributed by atoms with Crippen LogP contribution in [0.1, 0.15) is 12.5 Å². The fourth-order valence-corrected chi connectivity index (χ4v) is 2.10. The minimum Gasteiger partial charge on any atom is -0.350 e. The van der Waals surface area contributed by atoms with Crippen molar-refractivity contribution < 1.29 is 9.59 Å². The van der Waals surface area contributed by atoms with Gasteiger partial charge in [-0.15, -0.1) is 0 Å². The topological polar surface area (TPSA) is 58.2 Å². The average Bonchev–Trinajstić information content (AvgIpc) is 2.33. The summed E-state index contributed by atoms with van der Waals surface area (Å²) in [5.41, 5.74) is 0.985. The SMILES string of the molecule is CC(=O)NC(CS)C(=O)NCc1cccc(Br)c1. The molecule has 0 spiro atoms. The van der Waals surface area contributed by atoms with E-state index in [0.29, 0.717) is 6.54 Å². The molecule has 0 aliphatic rings. The van der Waals surface area contributed by atoms with Crippen molar-refractivity contribution in [3.05, 3.63) is 34.3 Å². The van der Waals surface area contributed by atoms with Crippen LogP contribution in [0.25, 0.3) is 0 Å². The molecule has 0 radical (unpaired) electrons. The molecule has 0 aliphatic carbocycles. The van der Waals surface area contributed by atoms with Crippen LogP contribution >= 0.6 is 28.6 Å². The number of carbonyl (C=O) groups is 2. The van der Waals surface area contributed by atoms with Crippen molar-refractivity contribution in [2.45, 2.75) is 19.5 Å². The summed E-state index contributed by atoms with van der Waals surface area (Å²) in [5, 5.41) is 5.30. The Morgan fingerprint density at radius 2 is 2.17 bits per heavy atom. The number of rotatable bonds is 5. The standard InChI is InChI=1S/C12H15BrN2O2S/c1-8(16)15-11(7-18)12(17)14-6-9-3-2-4-10(13)5-9/h2-5,11,18H,6-7H2,1H3,(H,14,17)(H,15,16). The van der Waals surface area contributed by atoms with Gasteiger partial charge >= 0.3 is 0 Å². The largest absolute Gasteiger partial charge is 0.350 e. The van der Waals surface area contributed by atoms with Crippen LogP contribution in [-0.2, 0) is 16.1 Å². The van der Waals surface area contributed by atoms with E-state index in [1.54, 1.807) is 0 Å². The second-order valence-corrected chi connectivity index (χ2v) is 5.06. The summed E-state index contributed by atoms with van der Waals surface area (Å²) in [7, 11) is 0. The molecular weight excluding hydrogens is 316 g/mol. The van der Waals surface area contributed by atoms with Crippen LogP contribution in [0.15, 0.2) is 28.7 Å². The quantitative estimate of drug-likeness (QED) is 0.716. The second-order valence-electron chi connectivity index (χ2n) is 3.78. The van der Waals surface area contributed by atoms with Gasteiger partial charge < -0.3 is 10.6 Å². The molecule has 0 bridgehead atoms. The molecule has 1 rings (SSSR count). The number of amides is 2. The molecule has 18 heavy (non-hydrogen) atoms. The van der Waals surface area contributed by atoms with E-state index in [9.17, 15) is 9.59 Å². The van der Waals surface area contributed by atoms with Crippen molar-refractivity contribution in [1.29, 1.82) is 0 Å². The summed E-state index contributed by atoms with van der Waals surface area (Å²) in [6, 6.07) is 7.06. The Balaban J connectivity index is 2.51. The Morgan fingerprint density at radius 1 is 1.44 bits per heavy atom. The molecule has 0 heterocycles. The van der Waals surface area contributed by atoms with Crippen LogP contribution in [0.5, 0.6) is 0 Å². The summed E-state index contributed by atoms with van der Waals surface area (Å²) in [6.45, 7) is 1.79. The minimum atomic E-state index is -0.599. The third-order valence-electron chi connectivity index (χ3n) is 2.23. The molecule has 0 fully saturated rings. The summed E-state index contributed by atoms with van der Waals surface area (Å²) in [6.07, 6.45) is 0. The van der Waals surface area contributed by atoms with Gasteiger partial charge in [-0.1, -0.05) is 28.1 Å². The van der Waals surface area contributed by atoms with E-state index >= 15 is 0 Å². The molecule has 6 heteroatoms. The number of thiol groups is 1. The lowest BCUT2D eigenvalue weighted by atomic mass is 10.2. The van der Waals surface area contributed by atoms with Crippen molar-refractivity contribution in [2.75, 3.05) is 5.75 Å². The smallest absolute Gasteiger partial charge is 0.243 e.